The molecule has 0 radical (unpaired) electrons. The fraction of sp³-hybridized carbons (Fsp3) is 0.0909. The van der Waals surface area contributed by atoms with Gasteiger partial charge in [0.1, 0.15) is 6.54 Å². The number of hydrogen-bond acceptors (Lipinski definition) is 5. The summed E-state index contributed by atoms with van der Waals surface area (Å²) < 4.78 is 31.0. The molecule has 0 atom stereocenters. The van der Waals surface area contributed by atoms with Gasteiger partial charge in [0.2, 0.25) is 10.0 Å². The first kappa shape index (κ1) is 21.2. The first-order valence-electron chi connectivity index (χ1n) is 9.02. The molecule has 2 N–H and O–H groups in total. The third-order valence-corrected chi connectivity index (χ3v) is 5.73. The van der Waals surface area contributed by atoms with E-state index in [1.54, 1.807) is 48.5 Å². The molecular formula is C22H20N2O5S. The van der Waals surface area contributed by atoms with E-state index in [0.29, 0.717) is 11.3 Å². The van der Waals surface area contributed by atoms with E-state index in [1.807, 2.05) is 18.2 Å². The van der Waals surface area contributed by atoms with Gasteiger partial charge < -0.3 is 10.1 Å². The van der Waals surface area contributed by atoms with Crippen molar-refractivity contribution in [1.29, 1.82) is 0 Å². The Bertz CT molecular complexity index is 1130. The standard InChI is InChI=1S/C22H20N2O5S/c1-29-21(25)15-23-30(27,28)20-13-9-17(10-14-20)16-7-11-19(12-8-16)24-22(26)18-5-3-2-4-6-18/h2-14,23H,15H2,1H3,(H,24,26). The Morgan fingerprint density at radius 1 is 0.833 bits per heavy atom. The average molecular weight is 424 g/mol. The summed E-state index contributed by atoms with van der Waals surface area (Å²) in [5.74, 6) is -0.869. The Morgan fingerprint density at radius 3 is 1.97 bits per heavy atom. The summed E-state index contributed by atoms with van der Waals surface area (Å²) in [6, 6.07) is 22.4. The van der Waals surface area contributed by atoms with Crippen LogP contribution in [0.3, 0.4) is 0 Å². The molecule has 0 saturated heterocycles. The molecule has 3 aromatic rings. The lowest BCUT2D eigenvalue weighted by Crippen LogP contribution is -2.30. The molecule has 0 aliphatic carbocycles. The maximum Gasteiger partial charge on any atom is 0.320 e. The zero-order chi connectivity index (χ0) is 21.6. The Hall–Kier alpha value is -3.49. The molecule has 0 spiro atoms. The molecule has 3 rings (SSSR count). The van der Waals surface area contributed by atoms with Crippen molar-refractivity contribution in [2.75, 3.05) is 19.0 Å². The van der Waals surface area contributed by atoms with E-state index in [0.717, 1.165) is 11.1 Å². The van der Waals surface area contributed by atoms with Crippen LogP contribution >= 0.6 is 0 Å². The highest BCUT2D eigenvalue weighted by Crippen LogP contribution is 2.23. The van der Waals surface area contributed by atoms with Gasteiger partial charge in [0.05, 0.1) is 12.0 Å². The van der Waals surface area contributed by atoms with Crippen LogP contribution < -0.4 is 10.0 Å². The lowest BCUT2D eigenvalue weighted by molar-refractivity contribution is -0.139. The zero-order valence-corrected chi connectivity index (χ0v) is 17.0. The third kappa shape index (κ3) is 5.31. The number of amides is 1. The predicted molar refractivity (Wildman–Crippen MR) is 113 cm³/mol. The molecular weight excluding hydrogens is 404 g/mol. The minimum atomic E-state index is -3.81. The first-order valence-corrected chi connectivity index (χ1v) is 10.5. The largest absolute Gasteiger partial charge is 0.468 e. The fourth-order valence-electron chi connectivity index (χ4n) is 2.67. The van der Waals surface area contributed by atoms with Gasteiger partial charge in [-0.1, -0.05) is 42.5 Å². The van der Waals surface area contributed by atoms with Crippen LogP contribution in [0.1, 0.15) is 10.4 Å². The lowest BCUT2D eigenvalue weighted by Gasteiger charge is -2.09. The van der Waals surface area contributed by atoms with E-state index in [-0.39, 0.29) is 10.8 Å². The Balaban J connectivity index is 1.68. The van der Waals surface area contributed by atoms with E-state index in [1.165, 1.54) is 19.2 Å². The number of methoxy groups -OCH3 is 1. The molecule has 8 heteroatoms. The average Bonchev–Trinajstić information content (AvgIpc) is 2.78. The zero-order valence-electron chi connectivity index (χ0n) is 16.2. The predicted octanol–water partition coefficient (Wildman–Crippen LogP) is 3.06. The molecule has 0 saturated carbocycles. The van der Waals surface area contributed by atoms with Crippen molar-refractivity contribution in [3.8, 4) is 11.1 Å². The van der Waals surface area contributed by atoms with Gasteiger partial charge in [-0.3, -0.25) is 9.59 Å². The number of nitrogens with one attached hydrogen (secondary N) is 2. The van der Waals surface area contributed by atoms with Crippen LogP contribution in [0.15, 0.2) is 83.8 Å². The normalized spacial score (nSPS) is 11.0. The molecule has 0 heterocycles. The molecule has 3 aromatic carbocycles. The molecule has 154 valence electrons. The summed E-state index contributed by atoms with van der Waals surface area (Å²) in [6.45, 7) is -0.434. The van der Waals surface area contributed by atoms with Gasteiger partial charge in [-0.05, 0) is 47.5 Å². The Morgan fingerprint density at radius 2 is 1.40 bits per heavy atom. The number of rotatable bonds is 7. The maximum absolute atomic E-state index is 12.2. The number of benzene rings is 3. The van der Waals surface area contributed by atoms with Crippen LogP contribution in [0.4, 0.5) is 5.69 Å². The molecule has 0 unspecified atom stereocenters. The van der Waals surface area contributed by atoms with Crippen LogP contribution in [0.2, 0.25) is 0 Å². The summed E-state index contributed by atoms with van der Waals surface area (Å²) in [4.78, 5) is 23.4. The summed E-state index contributed by atoms with van der Waals surface area (Å²) in [7, 11) is -2.62. The SMILES string of the molecule is COC(=O)CNS(=O)(=O)c1ccc(-c2ccc(NC(=O)c3ccccc3)cc2)cc1. The quantitative estimate of drug-likeness (QED) is 0.568. The highest BCUT2D eigenvalue weighted by molar-refractivity contribution is 7.89. The number of carbonyl (C=O) groups excluding carboxylic acids is 2. The van der Waals surface area contributed by atoms with Crippen molar-refractivity contribution in [1.82, 2.24) is 4.72 Å². The van der Waals surface area contributed by atoms with Crippen LogP contribution in [-0.4, -0.2) is 33.9 Å². The molecule has 0 aliphatic rings. The lowest BCUT2D eigenvalue weighted by atomic mass is 10.1. The van der Waals surface area contributed by atoms with Gasteiger partial charge in [-0.25, -0.2) is 8.42 Å². The van der Waals surface area contributed by atoms with Crippen molar-refractivity contribution in [2.24, 2.45) is 0 Å². The molecule has 30 heavy (non-hydrogen) atoms. The second kappa shape index (κ2) is 9.34. The van der Waals surface area contributed by atoms with E-state index < -0.39 is 22.5 Å². The summed E-state index contributed by atoms with van der Waals surface area (Å²) in [6.07, 6.45) is 0. The van der Waals surface area contributed by atoms with Gasteiger partial charge in [-0.15, -0.1) is 0 Å². The van der Waals surface area contributed by atoms with Crippen molar-refractivity contribution in [3.05, 3.63) is 84.4 Å². The number of esters is 1. The van der Waals surface area contributed by atoms with Gasteiger partial charge in [0, 0.05) is 11.3 Å². The van der Waals surface area contributed by atoms with E-state index in [4.69, 9.17) is 0 Å². The molecule has 1 amide bonds. The van der Waals surface area contributed by atoms with E-state index in [9.17, 15) is 18.0 Å². The number of ether oxygens (including phenoxy) is 1. The van der Waals surface area contributed by atoms with Gasteiger partial charge in [-0.2, -0.15) is 4.72 Å². The molecule has 0 bridgehead atoms. The monoisotopic (exact) mass is 424 g/mol. The Labute approximate surface area is 174 Å². The van der Waals surface area contributed by atoms with Gasteiger partial charge in [0.25, 0.3) is 5.91 Å². The van der Waals surface area contributed by atoms with Crippen molar-refractivity contribution < 1.29 is 22.7 Å². The minimum absolute atomic E-state index is 0.0434. The summed E-state index contributed by atoms with van der Waals surface area (Å²) >= 11 is 0. The van der Waals surface area contributed by atoms with Gasteiger partial charge >= 0.3 is 5.97 Å². The third-order valence-electron chi connectivity index (χ3n) is 4.31. The highest BCUT2D eigenvalue weighted by atomic mass is 32.2. The van der Waals surface area contributed by atoms with Gasteiger partial charge in [0.15, 0.2) is 0 Å². The summed E-state index contributed by atoms with van der Waals surface area (Å²) in [5.41, 5.74) is 2.89. The fourth-order valence-corrected chi connectivity index (χ4v) is 3.64. The molecule has 0 fully saturated rings. The first-order chi connectivity index (χ1) is 14.4. The number of anilines is 1. The second-order valence-electron chi connectivity index (χ2n) is 6.32. The molecule has 7 nitrogen and oxygen atoms in total. The Kier molecular flexibility index (Phi) is 6.61. The molecule has 0 aliphatic heterocycles. The summed E-state index contributed by atoms with van der Waals surface area (Å²) in [5, 5.41) is 2.83. The molecule has 0 aromatic heterocycles. The number of carbonyl (C=O) groups is 2. The number of sulfonamides is 1. The van der Waals surface area contributed by atoms with Crippen LogP contribution in [-0.2, 0) is 19.6 Å². The van der Waals surface area contributed by atoms with Crippen LogP contribution in [0, 0.1) is 0 Å². The van der Waals surface area contributed by atoms with Crippen molar-refractivity contribution in [2.45, 2.75) is 4.90 Å². The maximum atomic E-state index is 12.2. The van der Waals surface area contributed by atoms with Crippen LogP contribution in [0.5, 0.6) is 0 Å². The smallest absolute Gasteiger partial charge is 0.320 e. The second-order valence-corrected chi connectivity index (χ2v) is 8.09. The van der Waals surface area contributed by atoms with Crippen LogP contribution in [0.25, 0.3) is 11.1 Å². The van der Waals surface area contributed by atoms with Crippen molar-refractivity contribution >= 4 is 27.6 Å². The van der Waals surface area contributed by atoms with E-state index in [2.05, 4.69) is 14.8 Å². The topological polar surface area (TPSA) is 102 Å². The van der Waals surface area contributed by atoms with E-state index >= 15 is 0 Å². The van der Waals surface area contributed by atoms with Crippen molar-refractivity contribution in [3.63, 3.8) is 0 Å². The number of hydrogen-bond donors (Lipinski definition) is 2. The highest BCUT2D eigenvalue weighted by Gasteiger charge is 2.15. The minimum Gasteiger partial charge on any atom is -0.468 e.